The van der Waals surface area contributed by atoms with Crippen molar-refractivity contribution in [1.29, 1.82) is 0 Å². The van der Waals surface area contributed by atoms with Crippen LogP contribution in [0.25, 0.3) is 0 Å². The fraction of sp³-hybridized carbons (Fsp3) is 0.688. The molecule has 0 saturated heterocycles. The van der Waals surface area contributed by atoms with Crippen molar-refractivity contribution in [3.05, 3.63) is 29.0 Å². The molecule has 1 aliphatic carbocycles. The van der Waals surface area contributed by atoms with Crippen molar-refractivity contribution >= 4 is 23.0 Å². The Morgan fingerprint density at radius 3 is 2.42 bits per heavy atom. The summed E-state index contributed by atoms with van der Waals surface area (Å²) in [6, 6.07) is 2.37. The first-order valence-electron chi connectivity index (χ1n) is 7.83. The van der Waals surface area contributed by atoms with Crippen LogP contribution in [0.15, 0.2) is 18.3 Å². The van der Waals surface area contributed by atoms with Crippen molar-refractivity contribution < 1.29 is 18.4 Å². The smallest absolute Gasteiger partial charge is 0.248 e. The first-order valence-corrected chi connectivity index (χ1v) is 9.36. The van der Waals surface area contributed by atoms with Crippen molar-refractivity contribution in [2.24, 2.45) is 0 Å². The van der Waals surface area contributed by atoms with Crippen molar-refractivity contribution in [2.45, 2.75) is 68.8 Å². The molecule has 2 N–H and O–H groups in total. The van der Waals surface area contributed by atoms with Gasteiger partial charge in [-0.3, -0.25) is 4.98 Å². The van der Waals surface area contributed by atoms with Gasteiger partial charge in [0.25, 0.3) is 0 Å². The fourth-order valence-electron chi connectivity index (χ4n) is 2.65. The molecule has 1 heterocycles. The summed E-state index contributed by atoms with van der Waals surface area (Å²) in [4.78, 5) is 4.19. The van der Waals surface area contributed by atoms with Crippen LogP contribution in [0, 0.1) is 0 Å². The van der Waals surface area contributed by atoms with Gasteiger partial charge >= 0.3 is 0 Å². The second kappa shape index (κ2) is 7.03. The van der Waals surface area contributed by atoms with Crippen LogP contribution < -0.4 is 4.72 Å². The number of halogens is 3. The maximum Gasteiger partial charge on any atom is 0.248 e. The van der Waals surface area contributed by atoms with Gasteiger partial charge in [-0.1, -0.05) is 11.6 Å². The molecule has 1 aliphatic rings. The van der Waals surface area contributed by atoms with E-state index in [4.69, 9.17) is 11.6 Å². The topological polar surface area (TPSA) is 68.2 Å². The molecule has 136 valence electrons. The summed E-state index contributed by atoms with van der Waals surface area (Å²) < 4.78 is 41.9. The highest BCUT2D eigenvalue weighted by Crippen LogP contribution is 2.45. The van der Waals surface area contributed by atoms with Gasteiger partial charge in [0.1, 0.15) is 10.8 Å². The van der Waals surface area contributed by atoms with Crippen molar-refractivity contribution in [1.82, 2.24) is 9.71 Å². The van der Waals surface area contributed by atoms with Crippen LogP contribution in [0.3, 0.4) is 0 Å². The Hall–Kier alpha value is -0.470. The minimum Gasteiger partial charge on any atom is -0.598 e. The first kappa shape index (κ1) is 19.8. The van der Waals surface area contributed by atoms with Gasteiger partial charge in [-0.25, -0.2) is 8.78 Å². The quantitative estimate of drug-likeness (QED) is 0.780. The Bertz CT molecular complexity index is 573. The zero-order chi connectivity index (χ0) is 18.2. The maximum absolute atomic E-state index is 13.5. The second-order valence-electron chi connectivity index (χ2n) is 7.26. The molecule has 2 unspecified atom stereocenters. The summed E-state index contributed by atoms with van der Waals surface area (Å²) in [6.45, 7) is 5.35. The van der Waals surface area contributed by atoms with Crippen LogP contribution in [-0.4, -0.2) is 30.9 Å². The van der Waals surface area contributed by atoms with E-state index in [9.17, 15) is 18.4 Å². The molecular weight excluding hydrogens is 358 g/mol. The maximum atomic E-state index is 13.5. The highest BCUT2D eigenvalue weighted by molar-refractivity contribution is 7.90. The summed E-state index contributed by atoms with van der Waals surface area (Å²) in [7, 11) is 0. The van der Waals surface area contributed by atoms with Gasteiger partial charge in [0.15, 0.2) is 0 Å². The van der Waals surface area contributed by atoms with Crippen molar-refractivity contribution in [3.63, 3.8) is 0 Å². The molecule has 0 bridgehead atoms. The lowest BCUT2D eigenvalue weighted by atomic mass is 9.77. The molecule has 0 amide bonds. The molecule has 1 fully saturated rings. The molecule has 0 aliphatic heterocycles. The van der Waals surface area contributed by atoms with Gasteiger partial charge in [-0.2, -0.15) is 0 Å². The third-order valence-electron chi connectivity index (χ3n) is 4.23. The molecule has 4 nitrogen and oxygen atoms in total. The highest BCUT2D eigenvalue weighted by Gasteiger charge is 2.50. The Kier molecular flexibility index (Phi) is 5.82. The predicted molar refractivity (Wildman–Crippen MR) is 91.4 cm³/mol. The van der Waals surface area contributed by atoms with E-state index in [2.05, 4.69) is 9.71 Å². The number of aromatic nitrogens is 1. The van der Waals surface area contributed by atoms with E-state index in [1.807, 2.05) is 0 Å². The summed E-state index contributed by atoms with van der Waals surface area (Å²) in [6.07, 6.45) is 0.428. The molecule has 2 atom stereocenters. The normalized spacial score (nSPS) is 22.8. The Morgan fingerprint density at radius 1 is 1.33 bits per heavy atom. The van der Waals surface area contributed by atoms with E-state index in [1.165, 1.54) is 6.20 Å². The SMILES string of the molecule is CC(C)(C)[S+]([O-])NC(c1ncccc1Cl)C1(O)CCC(F)(F)CC1. The average molecular weight is 381 g/mol. The zero-order valence-corrected chi connectivity index (χ0v) is 15.6. The molecule has 2 rings (SSSR count). The minimum absolute atomic E-state index is 0.119. The number of nitrogens with one attached hydrogen (secondary N) is 1. The highest BCUT2D eigenvalue weighted by atomic mass is 35.5. The fourth-order valence-corrected chi connectivity index (χ4v) is 3.78. The lowest BCUT2D eigenvalue weighted by Gasteiger charge is -2.42. The standard InChI is InChI=1S/C16H23ClF2N2O2S/c1-14(2,3)24(23)21-13(12-11(17)5-4-10-20-12)15(22)6-8-16(18,19)9-7-15/h4-5,10,13,21-22H,6-9H2,1-3H3. The van der Waals surface area contributed by atoms with Crippen LogP contribution in [-0.2, 0) is 11.4 Å². The third-order valence-corrected chi connectivity index (χ3v) is 6.11. The van der Waals surface area contributed by atoms with Crippen molar-refractivity contribution in [3.8, 4) is 0 Å². The average Bonchev–Trinajstić information content (AvgIpc) is 2.48. The molecule has 0 radical (unpaired) electrons. The Labute approximate surface area is 149 Å². The monoisotopic (exact) mass is 380 g/mol. The zero-order valence-electron chi connectivity index (χ0n) is 14.0. The van der Waals surface area contributed by atoms with E-state index >= 15 is 0 Å². The lowest BCUT2D eigenvalue weighted by molar-refractivity contribution is -0.115. The van der Waals surface area contributed by atoms with Crippen LogP contribution in [0.2, 0.25) is 5.02 Å². The van der Waals surface area contributed by atoms with Gasteiger partial charge < -0.3 is 9.66 Å². The number of hydrogen-bond acceptors (Lipinski definition) is 4. The van der Waals surface area contributed by atoms with Gasteiger partial charge in [0.2, 0.25) is 5.92 Å². The number of aliphatic hydroxyl groups is 1. The number of hydrogen-bond donors (Lipinski definition) is 2. The Morgan fingerprint density at radius 2 is 1.92 bits per heavy atom. The number of pyridine rings is 1. The molecule has 0 aromatic carbocycles. The molecule has 1 aromatic heterocycles. The van der Waals surface area contributed by atoms with Gasteiger partial charge in [0, 0.05) is 30.4 Å². The molecule has 8 heteroatoms. The molecule has 24 heavy (non-hydrogen) atoms. The van der Waals surface area contributed by atoms with Crippen LogP contribution in [0.5, 0.6) is 0 Å². The number of rotatable bonds is 4. The van der Waals surface area contributed by atoms with E-state index in [0.29, 0.717) is 10.7 Å². The molecule has 0 spiro atoms. The second-order valence-corrected chi connectivity index (χ2v) is 9.67. The van der Waals surface area contributed by atoms with E-state index in [0.717, 1.165) is 0 Å². The summed E-state index contributed by atoms with van der Waals surface area (Å²) in [5.74, 6) is -2.78. The van der Waals surface area contributed by atoms with Gasteiger partial charge in [0.05, 0.1) is 16.3 Å². The van der Waals surface area contributed by atoms with Crippen LogP contribution >= 0.6 is 11.6 Å². The summed E-state index contributed by atoms with van der Waals surface area (Å²) >= 11 is 4.67. The summed E-state index contributed by atoms with van der Waals surface area (Å²) in [5, 5.41) is 11.3. The largest absolute Gasteiger partial charge is 0.598 e. The molecular formula is C16H23ClF2N2O2S. The predicted octanol–water partition coefficient (Wildman–Crippen LogP) is 3.77. The lowest BCUT2D eigenvalue weighted by Crippen LogP contribution is -2.53. The van der Waals surface area contributed by atoms with Crippen molar-refractivity contribution in [2.75, 3.05) is 0 Å². The molecule has 1 saturated carbocycles. The van der Waals surface area contributed by atoms with E-state index < -0.39 is 46.5 Å². The third kappa shape index (κ3) is 4.58. The van der Waals surface area contributed by atoms with Gasteiger partial charge in [-0.05, 0) is 45.7 Å². The Balaban J connectivity index is 2.35. The van der Waals surface area contributed by atoms with Gasteiger partial charge in [-0.15, -0.1) is 4.72 Å². The molecule has 1 aromatic rings. The number of nitrogens with zero attached hydrogens (tertiary/aromatic N) is 1. The van der Waals surface area contributed by atoms with Crippen LogP contribution in [0.4, 0.5) is 8.78 Å². The van der Waals surface area contributed by atoms with E-state index in [-0.39, 0.29) is 12.8 Å². The van der Waals surface area contributed by atoms with Crippen LogP contribution in [0.1, 0.15) is 58.2 Å². The summed E-state index contributed by atoms with van der Waals surface area (Å²) in [5.41, 5.74) is -1.16. The minimum atomic E-state index is -2.78. The van der Waals surface area contributed by atoms with E-state index in [1.54, 1.807) is 32.9 Å². The first-order chi connectivity index (χ1) is 10.9. The number of alkyl halides is 2.